The number of hydrogen-bond acceptors (Lipinski definition) is 4. The van der Waals surface area contributed by atoms with Crippen LogP contribution in [0.5, 0.6) is 0 Å². The van der Waals surface area contributed by atoms with Crippen molar-refractivity contribution in [1.82, 2.24) is 4.98 Å². The molecule has 0 atom stereocenters. The molecule has 0 saturated carbocycles. The molecule has 0 amide bonds. The summed E-state index contributed by atoms with van der Waals surface area (Å²) >= 11 is 4.74. The Morgan fingerprint density at radius 2 is 1.79 bits per heavy atom. The van der Waals surface area contributed by atoms with Crippen molar-refractivity contribution in [3.05, 3.63) is 52.5 Å². The summed E-state index contributed by atoms with van der Waals surface area (Å²) in [7, 11) is 0. The summed E-state index contributed by atoms with van der Waals surface area (Å²) < 4.78 is 0.942. The Balaban J connectivity index is 2.13. The largest absolute Gasteiger partial charge is 0.294 e. The molecule has 0 aliphatic carbocycles. The maximum Gasteiger partial charge on any atom is 0.173 e. The van der Waals surface area contributed by atoms with Gasteiger partial charge >= 0.3 is 0 Å². The van der Waals surface area contributed by atoms with Gasteiger partial charge in [-0.15, -0.1) is 11.3 Å². The van der Waals surface area contributed by atoms with E-state index >= 15 is 0 Å². The van der Waals surface area contributed by atoms with Crippen molar-refractivity contribution in [3.63, 3.8) is 0 Å². The fourth-order valence-electron chi connectivity index (χ4n) is 2.67. The number of fused-ring (bicyclic) bond motifs is 1. The van der Waals surface area contributed by atoms with Crippen LogP contribution in [0.3, 0.4) is 0 Å². The summed E-state index contributed by atoms with van der Waals surface area (Å²) in [5.74, 6) is 0.188. The highest BCUT2D eigenvalue weighted by Crippen LogP contribution is 2.34. The zero-order chi connectivity index (χ0) is 17.3. The number of benzene rings is 2. The van der Waals surface area contributed by atoms with Gasteiger partial charge in [0.05, 0.1) is 20.6 Å². The molecule has 122 valence electrons. The van der Waals surface area contributed by atoms with Gasteiger partial charge in [0.15, 0.2) is 11.6 Å². The minimum atomic E-state index is 0.0556. The summed E-state index contributed by atoms with van der Waals surface area (Å²) in [6.07, 6.45) is 0.481. The Hall–Kier alpha value is -1.85. The number of rotatable bonds is 5. The molecule has 0 fully saturated rings. The van der Waals surface area contributed by atoms with Gasteiger partial charge in [0, 0.05) is 23.1 Å². The number of carbonyl (C=O) groups excluding carboxylic acids is 2. The van der Waals surface area contributed by atoms with Crippen LogP contribution in [0.4, 0.5) is 0 Å². The lowest BCUT2D eigenvalue weighted by Crippen LogP contribution is -1.99. The maximum absolute atomic E-state index is 12.2. The Labute approximate surface area is 152 Å². The summed E-state index contributed by atoms with van der Waals surface area (Å²) in [6.45, 7) is 3.82. The van der Waals surface area contributed by atoms with E-state index in [1.54, 1.807) is 11.3 Å². The van der Waals surface area contributed by atoms with Crippen molar-refractivity contribution in [1.29, 1.82) is 0 Å². The van der Waals surface area contributed by atoms with Gasteiger partial charge in [0.2, 0.25) is 0 Å². The first kappa shape index (κ1) is 17.0. The first-order valence-electron chi connectivity index (χ1n) is 7.68. The molecule has 2 aromatic carbocycles. The normalized spacial score (nSPS) is 11.0. The Morgan fingerprint density at radius 3 is 2.42 bits per heavy atom. The molecule has 0 aliphatic rings. The SMILES string of the molecule is CCC(=O)c1ccc(-c2ccc(C(=O)CBr)cc2)c2nc(C)sc12. The van der Waals surface area contributed by atoms with Crippen LogP contribution in [0, 0.1) is 6.92 Å². The van der Waals surface area contributed by atoms with E-state index in [9.17, 15) is 9.59 Å². The van der Waals surface area contributed by atoms with Crippen LogP contribution in [0.15, 0.2) is 36.4 Å². The van der Waals surface area contributed by atoms with Crippen molar-refractivity contribution >= 4 is 49.0 Å². The molecule has 1 heterocycles. The van der Waals surface area contributed by atoms with Crippen molar-refractivity contribution in [2.45, 2.75) is 20.3 Å². The fourth-order valence-corrected chi connectivity index (χ4v) is 3.97. The minimum Gasteiger partial charge on any atom is -0.294 e. The molecule has 1 aromatic heterocycles. The molecule has 3 nitrogen and oxygen atoms in total. The lowest BCUT2D eigenvalue weighted by molar-refractivity contribution is 0.0988. The van der Waals surface area contributed by atoms with Gasteiger partial charge in [-0.2, -0.15) is 0 Å². The van der Waals surface area contributed by atoms with E-state index in [2.05, 4.69) is 20.9 Å². The van der Waals surface area contributed by atoms with Crippen LogP contribution in [-0.4, -0.2) is 21.9 Å². The van der Waals surface area contributed by atoms with Gasteiger partial charge in [-0.05, 0) is 18.6 Å². The molecule has 0 bridgehead atoms. The minimum absolute atomic E-state index is 0.0556. The third-order valence-corrected chi connectivity index (χ3v) is 5.42. The molecule has 3 rings (SSSR count). The van der Waals surface area contributed by atoms with Crippen LogP contribution in [-0.2, 0) is 0 Å². The van der Waals surface area contributed by atoms with E-state index in [0.29, 0.717) is 17.3 Å². The van der Waals surface area contributed by atoms with E-state index in [0.717, 1.165) is 31.9 Å². The monoisotopic (exact) mass is 401 g/mol. The zero-order valence-electron chi connectivity index (χ0n) is 13.4. The van der Waals surface area contributed by atoms with E-state index < -0.39 is 0 Å². The summed E-state index contributed by atoms with van der Waals surface area (Å²) in [5, 5.41) is 1.25. The molecule has 0 radical (unpaired) electrons. The number of nitrogens with zero attached hydrogens (tertiary/aromatic N) is 1. The van der Waals surface area contributed by atoms with Crippen molar-refractivity contribution in [2.75, 3.05) is 5.33 Å². The van der Waals surface area contributed by atoms with Crippen LogP contribution in [0.1, 0.15) is 39.1 Å². The van der Waals surface area contributed by atoms with Crippen LogP contribution < -0.4 is 0 Å². The second kappa shape index (κ2) is 6.95. The Bertz CT molecular complexity index is 928. The Morgan fingerprint density at radius 1 is 1.08 bits per heavy atom. The first-order chi connectivity index (χ1) is 11.5. The van der Waals surface area contributed by atoms with Gasteiger partial charge in [-0.1, -0.05) is 53.2 Å². The zero-order valence-corrected chi connectivity index (χ0v) is 15.8. The molecule has 0 unspecified atom stereocenters. The molecule has 5 heteroatoms. The van der Waals surface area contributed by atoms with E-state index in [1.807, 2.05) is 50.2 Å². The summed E-state index contributed by atoms with van der Waals surface area (Å²) in [5.41, 5.74) is 4.26. The van der Waals surface area contributed by atoms with Crippen molar-refractivity contribution < 1.29 is 9.59 Å². The van der Waals surface area contributed by atoms with Crippen LogP contribution >= 0.6 is 27.3 Å². The third-order valence-electron chi connectivity index (χ3n) is 3.91. The predicted octanol–water partition coefficient (Wildman–Crippen LogP) is 5.44. The van der Waals surface area contributed by atoms with Crippen molar-refractivity contribution in [3.8, 4) is 11.1 Å². The summed E-state index contributed by atoms with van der Waals surface area (Å²) in [4.78, 5) is 28.5. The van der Waals surface area contributed by atoms with Gasteiger partial charge in [-0.25, -0.2) is 4.98 Å². The number of ketones is 2. The van der Waals surface area contributed by atoms with E-state index in [-0.39, 0.29) is 11.6 Å². The number of hydrogen-bond donors (Lipinski definition) is 0. The second-order valence-electron chi connectivity index (χ2n) is 5.48. The first-order valence-corrected chi connectivity index (χ1v) is 9.62. The lowest BCUT2D eigenvalue weighted by atomic mass is 9.98. The number of aromatic nitrogens is 1. The lowest BCUT2D eigenvalue weighted by Gasteiger charge is -2.07. The quantitative estimate of drug-likeness (QED) is 0.422. The van der Waals surface area contributed by atoms with Gasteiger partial charge in [0.1, 0.15) is 0 Å². The average Bonchev–Trinajstić information content (AvgIpc) is 3.00. The maximum atomic E-state index is 12.2. The van der Waals surface area contributed by atoms with Crippen molar-refractivity contribution in [2.24, 2.45) is 0 Å². The molecule has 0 aliphatic heterocycles. The van der Waals surface area contributed by atoms with Gasteiger partial charge < -0.3 is 0 Å². The molecule has 0 saturated heterocycles. The average molecular weight is 402 g/mol. The number of carbonyl (C=O) groups is 2. The smallest absolute Gasteiger partial charge is 0.173 e. The number of Topliss-reactive ketones (excluding diaryl/α,β-unsaturated/α-hetero) is 2. The molecule has 24 heavy (non-hydrogen) atoms. The molecule has 3 aromatic rings. The molecular formula is C19H16BrNO2S. The predicted molar refractivity (Wildman–Crippen MR) is 103 cm³/mol. The van der Waals surface area contributed by atoms with Gasteiger partial charge in [-0.3, -0.25) is 9.59 Å². The van der Waals surface area contributed by atoms with E-state index in [1.165, 1.54) is 0 Å². The summed E-state index contributed by atoms with van der Waals surface area (Å²) in [6, 6.07) is 11.4. The second-order valence-corrected chi connectivity index (χ2v) is 7.25. The van der Waals surface area contributed by atoms with Gasteiger partial charge in [0.25, 0.3) is 0 Å². The number of thiazole rings is 1. The number of alkyl halides is 1. The highest BCUT2D eigenvalue weighted by molar-refractivity contribution is 9.09. The highest BCUT2D eigenvalue weighted by atomic mass is 79.9. The third kappa shape index (κ3) is 3.06. The fraction of sp³-hybridized carbons (Fsp3) is 0.211. The van der Waals surface area contributed by atoms with E-state index in [4.69, 9.17) is 0 Å². The number of halogens is 1. The highest BCUT2D eigenvalue weighted by Gasteiger charge is 2.16. The topological polar surface area (TPSA) is 47.0 Å². The Kier molecular flexibility index (Phi) is 4.92. The van der Waals surface area contributed by atoms with Crippen LogP contribution in [0.25, 0.3) is 21.3 Å². The molecule has 0 N–H and O–H groups in total. The molecular weight excluding hydrogens is 386 g/mol. The standard InChI is InChI=1S/C19H16BrNO2S/c1-3-16(22)15-9-8-14(18-19(15)24-11(2)21-18)12-4-6-13(7-5-12)17(23)10-20/h4-9H,3,10H2,1-2H3. The number of aryl methyl sites for hydroxylation is 1. The molecule has 0 spiro atoms. The van der Waals surface area contributed by atoms with Crippen LogP contribution in [0.2, 0.25) is 0 Å².